The van der Waals surface area contributed by atoms with Gasteiger partial charge in [0.1, 0.15) is 5.52 Å². The molecule has 180 valence electrons. The van der Waals surface area contributed by atoms with Crippen molar-refractivity contribution < 1.29 is 23.1 Å². The van der Waals surface area contributed by atoms with Crippen LogP contribution in [0.25, 0.3) is 11.2 Å². The van der Waals surface area contributed by atoms with E-state index >= 15 is 0 Å². The number of rotatable bonds is 3. The van der Waals surface area contributed by atoms with Crippen LogP contribution in [0.3, 0.4) is 0 Å². The Morgan fingerprint density at radius 2 is 2.00 bits per heavy atom. The summed E-state index contributed by atoms with van der Waals surface area (Å²) in [7, 11) is 1.74. The highest BCUT2D eigenvalue weighted by atomic mass is 19.4. The Labute approximate surface area is 192 Å². The fourth-order valence-corrected chi connectivity index (χ4v) is 3.82. The van der Waals surface area contributed by atoms with Gasteiger partial charge in [-0.15, -0.1) is 0 Å². The zero-order valence-corrected chi connectivity index (χ0v) is 18.5. The van der Waals surface area contributed by atoms with Crippen molar-refractivity contribution in [3.8, 4) is 6.07 Å². The van der Waals surface area contributed by atoms with Crippen LogP contribution in [0.2, 0.25) is 0 Å². The van der Waals surface area contributed by atoms with E-state index in [2.05, 4.69) is 16.0 Å². The van der Waals surface area contributed by atoms with Crippen molar-refractivity contribution >= 4 is 22.8 Å². The minimum atomic E-state index is -5.08. The Kier molecular flexibility index (Phi) is 6.97. The number of pyridine rings is 1. The topological polar surface area (TPSA) is 130 Å². The van der Waals surface area contributed by atoms with Gasteiger partial charge in [-0.05, 0) is 31.0 Å². The summed E-state index contributed by atoms with van der Waals surface area (Å²) >= 11 is 0. The molecule has 3 N–H and O–H groups in total. The molecular weight excluding hydrogens is 453 g/mol. The van der Waals surface area contributed by atoms with Crippen molar-refractivity contribution in [2.24, 2.45) is 12.8 Å². The van der Waals surface area contributed by atoms with Crippen molar-refractivity contribution in [3.05, 3.63) is 57.6 Å². The molecule has 9 nitrogen and oxygen atoms in total. The second kappa shape index (κ2) is 9.56. The van der Waals surface area contributed by atoms with E-state index in [0.717, 1.165) is 42.0 Å². The Morgan fingerprint density at radius 1 is 1.35 bits per heavy atom. The molecule has 4 rings (SSSR count). The summed E-state index contributed by atoms with van der Waals surface area (Å²) in [6.45, 7) is 3.89. The number of fused-ring (bicyclic) bond motifs is 1. The van der Waals surface area contributed by atoms with E-state index in [1.165, 1.54) is 0 Å². The largest absolute Gasteiger partial charge is 0.490 e. The Morgan fingerprint density at radius 3 is 2.56 bits per heavy atom. The third-order valence-electron chi connectivity index (χ3n) is 5.46. The standard InChI is InChI=1S/C20H22N6O.C2HF3O2/c1-13-9-17(25-8-7-16(22)12-25)18-19(23-13)24(2)20(27)26(18)11-15-6-4-3-5-14(15)10-21;3-2(4,5)1(6)7/h3-6,9,16H,7-8,11-12,22H2,1-2H3;(H,6,7)/t16-;/m1./s1. The number of aryl methyl sites for hydroxylation is 2. The number of carboxylic acid groups (broad SMARTS) is 1. The summed E-state index contributed by atoms with van der Waals surface area (Å²) in [5.74, 6) is -2.76. The molecule has 1 saturated heterocycles. The zero-order valence-electron chi connectivity index (χ0n) is 18.5. The fourth-order valence-electron chi connectivity index (χ4n) is 3.82. The lowest BCUT2D eigenvalue weighted by molar-refractivity contribution is -0.192. The molecule has 0 unspecified atom stereocenters. The number of anilines is 1. The van der Waals surface area contributed by atoms with Crippen molar-refractivity contribution in [1.29, 1.82) is 5.26 Å². The smallest absolute Gasteiger partial charge is 0.475 e. The first-order valence-corrected chi connectivity index (χ1v) is 10.3. The first-order valence-electron chi connectivity index (χ1n) is 10.3. The molecule has 0 amide bonds. The zero-order chi connectivity index (χ0) is 25.2. The van der Waals surface area contributed by atoms with Gasteiger partial charge in [-0.25, -0.2) is 14.6 Å². The maximum absolute atomic E-state index is 13.0. The molecule has 1 aliphatic heterocycles. The predicted octanol–water partition coefficient (Wildman–Crippen LogP) is 2.13. The lowest BCUT2D eigenvalue weighted by Crippen LogP contribution is -2.27. The van der Waals surface area contributed by atoms with Gasteiger partial charge >= 0.3 is 17.8 Å². The predicted molar refractivity (Wildman–Crippen MR) is 118 cm³/mol. The number of halogens is 3. The van der Waals surface area contributed by atoms with E-state index in [9.17, 15) is 23.2 Å². The summed E-state index contributed by atoms with van der Waals surface area (Å²) in [5.41, 5.74) is 10.7. The summed E-state index contributed by atoms with van der Waals surface area (Å²) in [4.78, 5) is 28.7. The second-order valence-corrected chi connectivity index (χ2v) is 7.95. The van der Waals surface area contributed by atoms with Gasteiger partial charge in [-0.1, -0.05) is 18.2 Å². The van der Waals surface area contributed by atoms with Crippen LogP contribution in [0.4, 0.5) is 18.9 Å². The van der Waals surface area contributed by atoms with Gasteiger partial charge in [0.15, 0.2) is 5.65 Å². The van der Waals surface area contributed by atoms with Crippen LogP contribution in [0, 0.1) is 18.3 Å². The molecule has 0 aliphatic carbocycles. The lowest BCUT2D eigenvalue weighted by atomic mass is 10.1. The summed E-state index contributed by atoms with van der Waals surface area (Å²) < 4.78 is 35.0. The van der Waals surface area contributed by atoms with E-state index in [0.29, 0.717) is 17.8 Å². The molecule has 0 bridgehead atoms. The number of imidazole rings is 1. The first kappa shape index (κ1) is 24.8. The molecule has 0 spiro atoms. The Balaban J connectivity index is 0.000000406. The first-order chi connectivity index (χ1) is 15.9. The van der Waals surface area contributed by atoms with Crippen LogP contribution >= 0.6 is 0 Å². The molecule has 12 heteroatoms. The molecular formula is C22H23F3N6O3. The van der Waals surface area contributed by atoms with Gasteiger partial charge in [0.05, 0.1) is 23.9 Å². The molecule has 0 saturated carbocycles. The number of aromatic nitrogens is 3. The van der Waals surface area contributed by atoms with E-state index in [4.69, 9.17) is 15.6 Å². The minimum Gasteiger partial charge on any atom is -0.475 e. The Bertz CT molecular complexity index is 1320. The van der Waals surface area contributed by atoms with Crippen LogP contribution < -0.4 is 16.3 Å². The lowest BCUT2D eigenvalue weighted by Gasteiger charge is -2.20. The highest BCUT2D eigenvalue weighted by Crippen LogP contribution is 2.29. The van der Waals surface area contributed by atoms with E-state index in [-0.39, 0.29) is 11.7 Å². The van der Waals surface area contributed by atoms with Crippen LogP contribution in [0.5, 0.6) is 0 Å². The van der Waals surface area contributed by atoms with Gasteiger partial charge < -0.3 is 15.7 Å². The van der Waals surface area contributed by atoms with Crippen molar-refractivity contribution in [1.82, 2.24) is 14.1 Å². The van der Waals surface area contributed by atoms with Crippen molar-refractivity contribution in [2.75, 3.05) is 18.0 Å². The van der Waals surface area contributed by atoms with E-state index in [1.54, 1.807) is 22.2 Å². The fraction of sp³-hybridized carbons (Fsp3) is 0.364. The number of benzene rings is 1. The monoisotopic (exact) mass is 476 g/mol. The number of nitrogens with two attached hydrogens (primary N) is 1. The third kappa shape index (κ3) is 5.04. The molecule has 0 radical (unpaired) electrons. The van der Waals surface area contributed by atoms with Gasteiger partial charge in [-0.3, -0.25) is 9.13 Å². The molecule has 2 aromatic heterocycles. The minimum absolute atomic E-state index is 0.136. The Hall–Kier alpha value is -3.85. The number of nitrogens with zero attached hydrogens (tertiary/aromatic N) is 5. The molecule has 34 heavy (non-hydrogen) atoms. The number of nitriles is 1. The molecule has 1 aliphatic rings. The molecule has 3 aromatic rings. The normalized spacial score (nSPS) is 15.7. The molecule has 1 atom stereocenters. The molecule has 3 heterocycles. The van der Waals surface area contributed by atoms with Crippen molar-refractivity contribution in [3.63, 3.8) is 0 Å². The molecule has 1 fully saturated rings. The SMILES string of the molecule is Cc1cc(N2CC[C@@H](N)C2)c2c(n1)n(C)c(=O)n2Cc1ccccc1C#N.O=C(O)C(F)(F)F. The summed E-state index contributed by atoms with van der Waals surface area (Å²) in [6, 6.07) is 11.7. The number of carbonyl (C=O) groups is 1. The number of carboxylic acids is 1. The maximum atomic E-state index is 13.0. The number of hydrogen-bond acceptors (Lipinski definition) is 6. The highest BCUT2D eigenvalue weighted by molar-refractivity contribution is 5.87. The van der Waals surface area contributed by atoms with E-state index < -0.39 is 12.1 Å². The summed E-state index contributed by atoms with van der Waals surface area (Å²) in [5, 5.41) is 16.5. The van der Waals surface area contributed by atoms with Crippen LogP contribution in [-0.2, 0) is 18.4 Å². The van der Waals surface area contributed by atoms with Crippen molar-refractivity contribution in [2.45, 2.75) is 32.1 Å². The third-order valence-corrected chi connectivity index (χ3v) is 5.46. The average Bonchev–Trinajstić information content (AvgIpc) is 3.31. The summed E-state index contributed by atoms with van der Waals surface area (Å²) in [6.07, 6.45) is -4.16. The average molecular weight is 476 g/mol. The van der Waals surface area contributed by atoms with Gasteiger partial charge in [0, 0.05) is 31.9 Å². The van der Waals surface area contributed by atoms with Gasteiger partial charge in [-0.2, -0.15) is 18.4 Å². The maximum Gasteiger partial charge on any atom is 0.490 e. The van der Waals surface area contributed by atoms with Crippen LogP contribution in [0.15, 0.2) is 35.1 Å². The number of alkyl halides is 3. The van der Waals surface area contributed by atoms with Gasteiger partial charge in [0.2, 0.25) is 0 Å². The quantitative estimate of drug-likeness (QED) is 0.592. The van der Waals surface area contributed by atoms with Gasteiger partial charge in [0.25, 0.3) is 0 Å². The van der Waals surface area contributed by atoms with Crippen LogP contribution in [0.1, 0.15) is 23.2 Å². The number of hydrogen-bond donors (Lipinski definition) is 2. The van der Waals surface area contributed by atoms with E-state index in [1.807, 2.05) is 31.2 Å². The number of aliphatic carboxylic acids is 1. The van der Waals surface area contributed by atoms with Crippen LogP contribution in [-0.4, -0.2) is 50.5 Å². The highest BCUT2D eigenvalue weighted by Gasteiger charge is 2.38. The second-order valence-electron chi connectivity index (χ2n) is 7.95. The molecule has 1 aromatic carbocycles.